The summed E-state index contributed by atoms with van der Waals surface area (Å²) in [4.78, 5) is 24.0. The predicted molar refractivity (Wildman–Crippen MR) is 88.4 cm³/mol. The molecule has 0 spiro atoms. The second-order valence-corrected chi connectivity index (χ2v) is 8.48. The van der Waals surface area contributed by atoms with Crippen LogP contribution >= 0.6 is 0 Å². The third-order valence-electron chi connectivity index (χ3n) is 7.89. The maximum absolute atomic E-state index is 12.1. The van der Waals surface area contributed by atoms with Crippen LogP contribution in [0.2, 0.25) is 0 Å². The Bertz CT molecular complexity index is 560. The minimum Gasteiger partial charge on any atom is -0.369 e. The zero-order valence-corrected chi connectivity index (χ0v) is 14.0. The van der Waals surface area contributed by atoms with Gasteiger partial charge in [-0.1, -0.05) is 19.1 Å². The van der Waals surface area contributed by atoms with E-state index in [0.29, 0.717) is 23.8 Å². The molecule has 4 rings (SSSR count). The van der Waals surface area contributed by atoms with Crippen molar-refractivity contribution in [2.75, 3.05) is 6.54 Å². The van der Waals surface area contributed by atoms with E-state index in [4.69, 9.17) is 5.73 Å². The number of carbonyl (C=O) groups excluding carboxylic acids is 2. The zero-order chi connectivity index (χ0) is 16.2. The number of rotatable bonds is 2. The zero-order valence-electron chi connectivity index (χ0n) is 14.0. The summed E-state index contributed by atoms with van der Waals surface area (Å²) in [6.45, 7) is 3.37. The summed E-state index contributed by atoms with van der Waals surface area (Å²) in [5, 5.41) is 3.67. The topological polar surface area (TPSA) is 72.2 Å². The lowest BCUT2D eigenvalue weighted by atomic mass is 9.48. The smallest absolute Gasteiger partial charge is 0.221 e. The molecule has 0 aromatic rings. The summed E-state index contributed by atoms with van der Waals surface area (Å²) in [5.41, 5.74) is 5.37. The van der Waals surface area contributed by atoms with Gasteiger partial charge in [-0.15, -0.1) is 0 Å². The van der Waals surface area contributed by atoms with Gasteiger partial charge in [0.05, 0.1) is 5.92 Å². The van der Waals surface area contributed by atoms with Gasteiger partial charge in [-0.25, -0.2) is 0 Å². The van der Waals surface area contributed by atoms with Crippen LogP contribution in [-0.4, -0.2) is 24.8 Å². The quantitative estimate of drug-likeness (QED) is 0.605. The molecule has 3 aliphatic carbocycles. The van der Waals surface area contributed by atoms with Crippen LogP contribution in [0.15, 0.2) is 12.2 Å². The average molecular weight is 316 g/mol. The fourth-order valence-corrected chi connectivity index (χ4v) is 6.84. The van der Waals surface area contributed by atoms with Crippen molar-refractivity contribution < 1.29 is 9.59 Å². The van der Waals surface area contributed by atoms with Crippen molar-refractivity contribution in [1.29, 1.82) is 0 Å². The maximum atomic E-state index is 12.1. The third kappa shape index (κ3) is 1.93. The Morgan fingerprint density at radius 1 is 1.22 bits per heavy atom. The second kappa shape index (κ2) is 5.17. The van der Waals surface area contributed by atoms with Crippen LogP contribution in [0.1, 0.15) is 45.4 Å². The highest BCUT2D eigenvalue weighted by molar-refractivity contribution is 5.83. The molecular weight excluding hydrogens is 288 g/mol. The first kappa shape index (κ1) is 15.4. The predicted octanol–water partition coefficient (Wildman–Crippen LogP) is 2.04. The number of aldehydes is 1. The SMILES string of the molecule is C[C@]12C=CCNC1CC[C@@H]1[C@@H]2CC[C@]2(C=O)C(C(N)=O)CC[C@@H]12. The monoisotopic (exact) mass is 316 g/mol. The van der Waals surface area contributed by atoms with Crippen LogP contribution in [0.3, 0.4) is 0 Å². The van der Waals surface area contributed by atoms with Gasteiger partial charge < -0.3 is 15.8 Å². The Morgan fingerprint density at radius 3 is 2.78 bits per heavy atom. The second-order valence-electron chi connectivity index (χ2n) is 8.48. The van der Waals surface area contributed by atoms with Gasteiger partial charge in [0, 0.05) is 23.4 Å². The molecular formula is C19H28N2O2. The lowest BCUT2D eigenvalue weighted by Gasteiger charge is -2.58. The molecule has 0 aromatic heterocycles. The molecule has 0 bridgehead atoms. The third-order valence-corrected chi connectivity index (χ3v) is 7.89. The number of nitrogens with two attached hydrogens (primary N) is 1. The lowest BCUT2D eigenvalue weighted by Crippen LogP contribution is -2.59. The van der Waals surface area contributed by atoms with Crippen molar-refractivity contribution >= 4 is 12.2 Å². The van der Waals surface area contributed by atoms with Crippen LogP contribution in [0.5, 0.6) is 0 Å². The largest absolute Gasteiger partial charge is 0.369 e. The highest BCUT2D eigenvalue weighted by atomic mass is 16.1. The van der Waals surface area contributed by atoms with E-state index in [0.717, 1.165) is 38.5 Å². The van der Waals surface area contributed by atoms with E-state index >= 15 is 0 Å². The minimum absolute atomic E-state index is 0.195. The first-order valence-electron chi connectivity index (χ1n) is 9.19. The molecule has 126 valence electrons. The van der Waals surface area contributed by atoms with Crippen molar-refractivity contribution in [2.45, 2.75) is 51.5 Å². The fraction of sp³-hybridized carbons (Fsp3) is 0.789. The van der Waals surface area contributed by atoms with E-state index in [1.807, 2.05) is 0 Å². The summed E-state index contributed by atoms with van der Waals surface area (Å²) in [5.74, 6) is 1.03. The van der Waals surface area contributed by atoms with E-state index in [1.165, 1.54) is 12.8 Å². The van der Waals surface area contributed by atoms with E-state index in [2.05, 4.69) is 24.4 Å². The summed E-state index contributed by atoms with van der Waals surface area (Å²) < 4.78 is 0. The average Bonchev–Trinajstić information content (AvgIpc) is 2.94. The highest BCUT2D eigenvalue weighted by Gasteiger charge is 2.62. The van der Waals surface area contributed by atoms with Gasteiger partial charge in [-0.3, -0.25) is 4.79 Å². The Balaban J connectivity index is 1.69. The van der Waals surface area contributed by atoms with Gasteiger partial charge in [-0.05, 0) is 56.3 Å². The van der Waals surface area contributed by atoms with E-state index in [-0.39, 0.29) is 17.2 Å². The molecule has 2 unspecified atom stereocenters. The molecule has 0 radical (unpaired) electrons. The number of fused-ring (bicyclic) bond motifs is 5. The minimum atomic E-state index is -0.470. The molecule has 1 heterocycles. The van der Waals surface area contributed by atoms with Crippen LogP contribution in [0.25, 0.3) is 0 Å². The van der Waals surface area contributed by atoms with E-state index < -0.39 is 5.41 Å². The van der Waals surface area contributed by atoms with Crippen LogP contribution in [-0.2, 0) is 9.59 Å². The molecule has 7 atom stereocenters. The Morgan fingerprint density at radius 2 is 2.04 bits per heavy atom. The standard InChI is InChI=1S/C19H28N2O2/c1-18-8-2-10-21-16(18)6-3-12-13(18)7-9-19(11-22)14(12)4-5-15(19)17(20)23/h2,8,11-16,21H,3-7,9-10H2,1H3,(H2,20,23)/t12-,13+,14+,15?,16?,18-,19-/m1/s1. The Labute approximate surface area is 138 Å². The van der Waals surface area contributed by atoms with Crippen molar-refractivity contribution in [2.24, 2.45) is 40.2 Å². The number of carbonyl (C=O) groups is 2. The lowest BCUT2D eigenvalue weighted by molar-refractivity contribution is -0.141. The first-order chi connectivity index (χ1) is 11.0. The molecule has 1 aliphatic heterocycles. The summed E-state index contributed by atoms with van der Waals surface area (Å²) in [7, 11) is 0. The molecule has 3 saturated carbocycles. The number of amides is 1. The van der Waals surface area contributed by atoms with Gasteiger partial charge in [0.15, 0.2) is 0 Å². The van der Waals surface area contributed by atoms with Gasteiger partial charge in [0.1, 0.15) is 6.29 Å². The Kier molecular flexibility index (Phi) is 3.45. The Hall–Kier alpha value is -1.16. The van der Waals surface area contributed by atoms with Gasteiger partial charge in [0.2, 0.25) is 5.91 Å². The van der Waals surface area contributed by atoms with E-state index in [9.17, 15) is 9.59 Å². The van der Waals surface area contributed by atoms with Crippen molar-refractivity contribution in [1.82, 2.24) is 5.32 Å². The first-order valence-corrected chi connectivity index (χ1v) is 9.19. The molecule has 4 heteroatoms. The van der Waals surface area contributed by atoms with Crippen LogP contribution in [0.4, 0.5) is 0 Å². The molecule has 3 N–H and O–H groups in total. The van der Waals surface area contributed by atoms with Crippen LogP contribution < -0.4 is 11.1 Å². The van der Waals surface area contributed by atoms with Crippen molar-refractivity contribution in [3.63, 3.8) is 0 Å². The van der Waals surface area contributed by atoms with Crippen molar-refractivity contribution in [3.05, 3.63) is 12.2 Å². The number of nitrogens with one attached hydrogen (secondary N) is 1. The van der Waals surface area contributed by atoms with Gasteiger partial charge in [-0.2, -0.15) is 0 Å². The highest BCUT2D eigenvalue weighted by Crippen LogP contribution is 2.64. The van der Waals surface area contributed by atoms with Gasteiger partial charge >= 0.3 is 0 Å². The normalized spacial score (nSPS) is 51.4. The molecule has 4 nitrogen and oxygen atoms in total. The van der Waals surface area contributed by atoms with E-state index in [1.54, 1.807) is 0 Å². The molecule has 3 fully saturated rings. The molecule has 1 amide bonds. The summed E-state index contributed by atoms with van der Waals surface area (Å²) in [6, 6.07) is 0.561. The van der Waals surface area contributed by atoms with Crippen LogP contribution in [0, 0.1) is 34.5 Å². The maximum Gasteiger partial charge on any atom is 0.221 e. The summed E-state index contributed by atoms with van der Waals surface area (Å²) >= 11 is 0. The van der Waals surface area contributed by atoms with Gasteiger partial charge in [0.25, 0.3) is 0 Å². The number of hydrogen-bond acceptors (Lipinski definition) is 3. The molecule has 0 saturated heterocycles. The molecule has 0 aromatic carbocycles. The fourth-order valence-electron chi connectivity index (χ4n) is 6.84. The molecule has 4 aliphatic rings. The number of hydrogen-bond donors (Lipinski definition) is 2. The van der Waals surface area contributed by atoms with Crippen molar-refractivity contribution in [3.8, 4) is 0 Å². The molecule has 23 heavy (non-hydrogen) atoms. The number of primary amides is 1. The summed E-state index contributed by atoms with van der Waals surface area (Å²) in [6.07, 6.45) is 11.8.